The molecule has 0 amide bonds. The molecule has 0 fully saturated rings. The Hall–Kier alpha value is -7.36. The molecule has 0 bridgehead atoms. The van der Waals surface area contributed by atoms with Crippen molar-refractivity contribution in [3.63, 3.8) is 0 Å². The van der Waals surface area contributed by atoms with Gasteiger partial charge in [-0.1, -0.05) is 152 Å². The van der Waals surface area contributed by atoms with Crippen molar-refractivity contribution in [2.24, 2.45) is 0 Å². The summed E-state index contributed by atoms with van der Waals surface area (Å²) in [5.41, 5.74) is 13.3. The summed E-state index contributed by atoms with van der Waals surface area (Å²) in [6.07, 6.45) is 0. The molecule has 0 aliphatic rings. The Morgan fingerprint density at radius 2 is 1.00 bits per heavy atom. The molecule has 0 aliphatic heterocycles. The number of benzene rings is 9. The van der Waals surface area contributed by atoms with Crippen LogP contribution in [0.2, 0.25) is 0 Å². The van der Waals surface area contributed by atoms with Crippen LogP contribution >= 0.6 is 0 Å². The first-order chi connectivity index (χ1) is 27.3. The highest BCUT2D eigenvalue weighted by Crippen LogP contribution is 2.48. The van der Waals surface area contributed by atoms with Crippen molar-refractivity contribution in [1.82, 2.24) is 4.57 Å². The quantitative estimate of drug-likeness (QED) is 0.172. The minimum atomic E-state index is 0.877. The lowest BCUT2D eigenvalue weighted by molar-refractivity contribution is 0.669. The van der Waals surface area contributed by atoms with Crippen LogP contribution in [0.1, 0.15) is 0 Å². The van der Waals surface area contributed by atoms with Crippen LogP contribution in [-0.4, -0.2) is 4.57 Å². The summed E-state index contributed by atoms with van der Waals surface area (Å²) < 4.78 is 8.98. The second-order valence-corrected chi connectivity index (χ2v) is 14.1. The zero-order chi connectivity index (χ0) is 36.3. The van der Waals surface area contributed by atoms with E-state index in [1.807, 2.05) is 6.07 Å². The van der Waals surface area contributed by atoms with Gasteiger partial charge in [0.1, 0.15) is 11.2 Å². The summed E-state index contributed by atoms with van der Waals surface area (Å²) in [6, 6.07) is 73.9. The summed E-state index contributed by atoms with van der Waals surface area (Å²) in [7, 11) is 0. The lowest BCUT2D eigenvalue weighted by Crippen LogP contribution is -2.11. The number of para-hydroxylation sites is 4. The van der Waals surface area contributed by atoms with E-state index in [1.54, 1.807) is 0 Å². The molecular formula is C52H34N2O. The maximum Gasteiger partial charge on any atom is 0.138 e. The fourth-order valence-corrected chi connectivity index (χ4v) is 8.49. The molecule has 0 N–H and O–H groups in total. The summed E-state index contributed by atoms with van der Waals surface area (Å²) >= 11 is 0. The predicted octanol–water partition coefficient (Wildman–Crippen LogP) is 14.6. The lowest BCUT2D eigenvalue weighted by atomic mass is 9.99. The van der Waals surface area contributed by atoms with Crippen LogP contribution in [0.15, 0.2) is 211 Å². The highest BCUT2D eigenvalue weighted by molar-refractivity contribution is 6.22. The maximum absolute atomic E-state index is 6.55. The lowest BCUT2D eigenvalue weighted by Gasteiger charge is -2.28. The van der Waals surface area contributed by atoms with Gasteiger partial charge in [-0.25, -0.2) is 0 Å². The normalized spacial score (nSPS) is 11.6. The third-order valence-electron chi connectivity index (χ3n) is 11.0. The first kappa shape index (κ1) is 31.2. The van der Waals surface area contributed by atoms with Gasteiger partial charge >= 0.3 is 0 Å². The van der Waals surface area contributed by atoms with Gasteiger partial charge in [-0.15, -0.1) is 0 Å². The standard InChI is InChI=1S/C52H34N2O/c1-3-15-35(16-4-1)36-27-29-37(30-28-36)41-20-9-12-24-46(41)54-47-25-13-10-22-43(47)45-34-40(31-32-48(45)54)53(39-18-5-2-6-19-39)52-42-21-8-7-17-38(42)33-50-51(52)44-23-11-14-26-49(44)55-50/h1-34H. The molecule has 0 aliphatic carbocycles. The second kappa shape index (κ2) is 12.6. The molecule has 2 heterocycles. The van der Waals surface area contributed by atoms with Crippen LogP contribution in [0, 0.1) is 0 Å². The highest BCUT2D eigenvalue weighted by atomic mass is 16.3. The monoisotopic (exact) mass is 702 g/mol. The topological polar surface area (TPSA) is 21.3 Å². The number of nitrogens with zero attached hydrogens (tertiary/aromatic N) is 2. The van der Waals surface area contributed by atoms with Gasteiger partial charge in [-0.3, -0.25) is 0 Å². The Morgan fingerprint density at radius 1 is 0.382 bits per heavy atom. The van der Waals surface area contributed by atoms with Crippen LogP contribution in [0.25, 0.3) is 82.5 Å². The van der Waals surface area contributed by atoms with E-state index in [0.29, 0.717) is 0 Å². The Balaban J connectivity index is 1.15. The van der Waals surface area contributed by atoms with Crippen LogP contribution in [0.4, 0.5) is 17.1 Å². The largest absolute Gasteiger partial charge is 0.456 e. The van der Waals surface area contributed by atoms with Crippen molar-refractivity contribution in [3.05, 3.63) is 206 Å². The molecule has 3 nitrogen and oxygen atoms in total. The Morgan fingerprint density at radius 3 is 1.84 bits per heavy atom. The Bertz CT molecular complexity index is 3190. The van der Waals surface area contributed by atoms with Crippen molar-refractivity contribution in [2.45, 2.75) is 0 Å². The van der Waals surface area contributed by atoms with Crippen LogP contribution in [0.5, 0.6) is 0 Å². The van der Waals surface area contributed by atoms with Gasteiger partial charge in [0.2, 0.25) is 0 Å². The number of fused-ring (bicyclic) bond motifs is 7. The zero-order valence-electron chi connectivity index (χ0n) is 29.9. The molecule has 11 aromatic rings. The van der Waals surface area contributed by atoms with E-state index in [-0.39, 0.29) is 0 Å². The SMILES string of the molecule is c1ccc(-c2ccc(-c3ccccc3-n3c4ccccc4c4cc(N(c5ccccc5)c5c6ccccc6cc6oc7ccccc7c56)ccc43)cc2)cc1. The summed E-state index contributed by atoms with van der Waals surface area (Å²) in [6.45, 7) is 0. The minimum Gasteiger partial charge on any atom is -0.456 e. The van der Waals surface area contributed by atoms with Crippen LogP contribution in [0.3, 0.4) is 0 Å². The number of aromatic nitrogens is 1. The third kappa shape index (κ3) is 5.05. The summed E-state index contributed by atoms with van der Waals surface area (Å²) in [4.78, 5) is 2.42. The number of furan rings is 1. The van der Waals surface area contributed by atoms with Crippen LogP contribution < -0.4 is 4.90 Å². The van der Waals surface area contributed by atoms with E-state index in [4.69, 9.17) is 4.42 Å². The van der Waals surface area contributed by atoms with Gasteiger partial charge in [-0.05, 0) is 76.7 Å². The molecule has 3 heteroatoms. The van der Waals surface area contributed by atoms with E-state index < -0.39 is 0 Å². The van der Waals surface area contributed by atoms with E-state index in [0.717, 1.165) is 55.6 Å². The van der Waals surface area contributed by atoms with Gasteiger partial charge < -0.3 is 13.9 Å². The number of hydrogen-bond donors (Lipinski definition) is 0. The van der Waals surface area contributed by atoms with Crippen LogP contribution in [-0.2, 0) is 0 Å². The molecule has 0 radical (unpaired) electrons. The van der Waals surface area contributed by atoms with Gasteiger partial charge in [0.15, 0.2) is 0 Å². The Kier molecular flexibility index (Phi) is 7.17. The van der Waals surface area contributed by atoms with E-state index in [9.17, 15) is 0 Å². The molecule has 0 saturated carbocycles. The summed E-state index contributed by atoms with van der Waals surface area (Å²) in [5.74, 6) is 0. The smallest absolute Gasteiger partial charge is 0.138 e. The van der Waals surface area contributed by atoms with Gasteiger partial charge in [-0.2, -0.15) is 0 Å². The molecule has 0 spiro atoms. The fourth-order valence-electron chi connectivity index (χ4n) is 8.49. The first-order valence-electron chi connectivity index (χ1n) is 18.8. The molecule has 258 valence electrons. The van der Waals surface area contributed by atoms with E-state index >= 15 is 0 Å². The van der Waals surface area contributed by atoms with Gasteiger partial charge in [0.05, 0.1) is 27.8 Å². The fraction of sp³-hybridized carbons (Fsp3) is 0. The molecule has 2 aromatic heterocycles. The van der Waals surface area contributed by atoms with Crippen molar-refractivity contribution in [1.29, 1.82) is 0 Å². The molecule has 0 unspecified atom stereocenters. The average molecular weight is 703 g/mol. The second-order valence-electron chi connectivity index (χ2n) is 14.1. The number of anilines is 3. The molecule has 0 saturated heterocycles. The van der Waals surface area contributed by atoms with Crippen molar-refractivity contribution < 1.29 is 4.42 Å². The predicted molar refractivity (Wildman–Crippen MR) is 231 cm³/mol. The van der Waals surface area contributed by atoms with Gasteiger partial charge in [0, 0.05) is 38.5 Å². The molecular weight excluding hydrogens is 669 g/mol. The minimum absolute atomic E-state index is 0.877. The number of rotatable bonds is 6. The van der Waals surface area contributed by atoms with E-state index in [1.165, 1.54) is 43.9 Å². The molecule has 0 atom stereocenters. The maximum atomic E-state index is 6.55. The molecule has 9 aromatic carbocycles. The third-order valence-corrected chi connectivity index (χ3v) is 11.0. The zero-order valence-corrected chi connectivity index (χ0v) is 29.9. The Labute approximate surface area is 318 Å². The molecule has 11 rings (SSSR count). The van der Waals surface area contributed by atoms with Crippen molar-refractivity contribution in [2.75, 3.05) is 4.90 Å². The first-order valence-corrected chi connectivity index (χ1v) is 18.8. The highest BCUT2D eigenvalue weighted by Gasteiger charge is 2.24. The number of hydrogen-bond acceptors (Lipinski definition) is 2. The average Bonchev–Trinajstić information content (AvgIpc) is 3.79. The van der Waals surface area contributed by atoms with Crippen molar-refractivity contribution in [3.8, 4) is 27.9 Å². The van der Waals surface area contributed by atoms with E-state index in [2.05, 4.69) is 210 Å². The van der Waals surface area contributed by atoms with Crippen molar-refractivity contribution >= 4 is 71.6 Å². The van der Waals surface area contributed by atoms with Gasteiger partial charge in [0.25, 0.3) is 0 Å². The summed E-state index contributed by atoms with van der Waals surface area (Å²) in [5, 5.41) is 6.91. The molecule has 55 heavy (non-hydrogen) atoms.